The second-order valence-corrected chi connectivity index (χ2v) is 12.2. The third kappa shape index (κ3) is 5.34. The van der Waals surface area contributed by atoms with E-state index in [9.17, 15) is 13.2 Å². The zero-order chi connectivity index (χ0) is 26.3. The number of nitrogens with one attached hydrogen (secondary N) is 2. The quantitative estimate of drug-likeness (QED) is 0.497. The first-order valence-corrected chi connectivity index (χ1v) is 13.8. The molecule has 1 fully saturated rings. The molecule has 2 aromatic heterocycles. The molecule has 0 aliphatic carbocycles. The first-order valence-electron chi connectivity index (χ1n) is 11.9. The summed E-state index contributed by atoms with van der Waals surface area (Å²) in [5.41, 5.74) is 3.30. The van der Waals surface area contributed by atoms with Crippen molar-refractivity contribution in [3.8, 4) is 22.8 Å². The molecule has 36 heavy (non-hydrogen) atoms. The van der Waals surface area contributed by atoms with E-state index in [1.165, 1.54) is 13.4 Å². The van der Waals surface area contributed by atoms with Crippen molar-refractivity contribution in [3.63, 3.8) is 0 Å². The SMILES string of the molecule is COc1ccc(-c2cc(C(C)(C)C)c(OC)c3cc(N4CC[C@H](CNS(C)(=O)=O)C4)cnc23)c(=O)[nH]1. The Balaban J connectivity index is 1.83. The fourth-order valence-electron chi connectivity index (χ4n) is 4.71. The smallest absolute Gasteiger partial charge is 0.258 e. The standard InChI is InChI=1S/C26H34N4O5S/c1-26(2,3)21-12-19(18-7-8-22(34-4)29-25(18)31)23-20(24(21)35-5)11-17(14-27-23)30-10-9-16(15-30)13-28-36(6,32)33/h7-8,11-12,14,16,28H,9-10,13,15H2,1-6H3,(H,29,31)/t16-/m1/s1. The predicted octanol–water partition coefficient (Wildman–Crippen LogP) is 3.28. The average Bonchev–Trinajstić information content (AvgIpc) is 3.29. The molecule has 4 rings (SSSR count). The van der Waals surface area contributed by atoms with Crippen LogP contribution in [-0.2, 0) is 15.4 Å². The van der Waals surface area contributed by atoms with Gasteiger partial charge >= 0.3 is 0 Å². The van der Waals surface area contributed by atoms with E-state index in [1.54, 1.807) is 19.2 Å². The number of benzene rings is 1. The molecular formula is C26H34N4O5S. The van der Waals surface area contributed by atoms with Gasteiger partial charge in [0.1, 0.15) is 5.75 Å². The van der Waals surface area contributed by atoms with Crippen LogP contribution in [0, 0.1) is 5.92 Å². The lowest BCUT2D eigenvalue weighted by atomic mass is 9.83. The van der Waals surface area contributed by atoms with Gasteiger partial charge in [-0.05, 0) is 42.0 Å². The number of sulfonamides is 1. The van der Waals surface area contributed by atoms with Crippen molar-refractivity contribution in [1.29, 1.82) is 0 Å². The van der Waals surface area contributed by atoms with E-state index < -0.39 is 10.0 Å². The fraction of sp³-hybridized carbons (Fsp3) is 0.462. The van der Waals surface area contributed by atoms with Crippen LogP contribution in [0.5, 0.6) is 11.6 Å². The Kier molecular flexibility index (Phi) is 7.03. The Labute approximate surface area is 211 Å². The first-order chi connectivity index (χ1) is 16.9. The molecule has 1 aliphatic rings. The molecule has 0 bridgehead atoms. The molecule has 194 valence electrons. The number of hydrogen-bond acceptors (Lipinski definition) is 7. The summed E-state index contributed by atoms with van der Waals surface area (Å²) in [6, 6.07) is 7.53. The van der Waals surface area contributed by atoms with Gasteiger partial charge in [-0.15, -0.1) is 0 Å². The van der Waals surface area contributed by atoms with Gasteiger partial charge in [-0.2, -0.15) is 0 Å². The summed E-state index contributed by atoms with van der Waals surface area (Å²) in [5, 5.41) is 0.824. The molecular weight excluding hydrogens is 480 g/mol. The molecule has 9 nitrogen and oxygen atoms in total. The highest BCUT2D eigenvalue weighted by Gasteiger charge is 2.27. The molecule has 1 saturated heterocycles. The zero-order valence-electron chi connectivity index (χ0n) is 21.6. The summed E-state index contributed by atoms with van der Waals surface area (Å²) in [6.45, 7) is 8.26. The third-order valence-electron chi connectivity index (χ3n) is 6.60. The van der Waals surface area contributed by atoms with Gasteiger partial charge in [-0.3, -0.25) is 14.8 Å². The van der Waals surface area contributed by atoms with Crippen LogP contribution in [0.2, 0.25) is 0 Å². The lowest BCUT2D eigenvalue weighted by Crippen LogP contribution is -2.30. The molecule has 0 saturated carbocycles. The molecule has 1 aliphatic heterocycles. The second-order valence-electron chi connectivity index (χ2n) is 10.3. The van der Waals surface area contributed by atoms with Gasteiger partial charge in [0.2, 0.25) is 10.0 Å². The Morgan fingerprint density at radius 2 is 1.92 bits per heavy atom. The number of aromatic nitrogens is 2. The van der Waals surface area contributed by atoms with Crippen molar-refractivity contribution < 1.29 is 17.9 Å². The third-order valence-corrected chi connectivity index (χ3v) is 7.29. The number of anilines is 1. The second kappa shape index (κ2) is 9.74. The van der Waals surface area contributed by atoms with Crippen LogP contribution in [0.4, 0.5) is 5.69 Å². The molecule has 2 N–H and O–H groups in total. The van der Waals surface area contributed by atoms with Crippen LogP contribution in [-0.4, -0.2) is 58.5 Å². The number of nitrogens with zero attached hydrogens (tertiary/aromatic N) is 2. The molecule has 1 aromatic carbocycles. The number of methoxy groups -OCH3 is 2. The van der Waals surface area contributed by atoms with E-state index in [-0.39, 0.29) is 16.9 Å². The molecule has 1 atom stereocenters. The average molecular weight is 515 g/mol. The number of fused-ring (bicyclic) bond motifs is 1. The van der Waals surface area contributed by atoms with E-state index in [0.29, 0.717) is 23.5 Å². The minimum atomic E-state index is -3.22. The number of hydrogen-bond donors (Lipinski definition) is 2. The first kappa shape index (κ1) is 26.0. The predicted molar refractivity (Wildman–Crippen MR) is 143 cm³/mol. The minimum Gasteiger partial charge on any atom is -0.496 e. The van der Waals surface area contributed by atoms with E-state index in [1.807, 2.05) is 12.3 Å². The van der Waals surface area contributed by atoms with Gasteiger partial charge in [0.05, 0.1) is 37.9 Å². The van der Waals surface area contributed by atoms with Crippen LogP contribution in [0.1, 0.15) is 32.8 Å². The number of ether oxygens (including phenoxy) is 2. The Hall–Kier alpha value is -3.11. The largest absolute Gasteiger partial charge is 0.496 e. The normalized spacial score (nSPS) is 16.5. The van der Waals surface area contributed by atoms with Crippen molar-refractivity contribution in [2.45, 2.75) is 32.6 Å². The lowest BCUT2D eigenvalue weighted by Gasteiger charge is -2.26. The topological polar surface area (TPSA) is 114 Å². The molecule has 3 heterocycles. The minimum absolute atomic E-state index is 0.214. The number of rotatable bonds is 7. The van der Waals surface area contributed by atoms with Gasteiger partial charge in [-0.1, -0.05) is 20.8 Å². The van der Waals surface area contributed by atoms with Crippen LogP contribution in [0.3, 0.4) is 0 Å². The monoisotopic (exact) mass is 514 g/mol. The maximum absolute atomic E-state index is 13.0. The highest BCUT2D eigenvalue weighted by molar-refractivity contribution is 7.88. The fourth-order valence-corrected chi connectivity index (χ4v) is 5.25. The highest BCUT2D eigenvalue weighted by atomic mass is 32.2. The molecule has 10 heteroatoms. The van der Waals surface area contributed by atoms with Crippen molar-refractivity contribution in [3.05, 3.63) is 46.4 Å². The van der Waals surface area contributed by atoms with Gasteiger partial charge in [0, 0.05) is 41.7 Å². The van der Waals surface area contributed by atoms with Crippen LogP contribution < -0.4 is 24.7 Å². The maximum atomic E-state index is 13.0. The van der Waals surface area contributed by atoms with Crippen LogP contribution >= 0.6 is 0 Å². The van der Waals surface area contributed by atoms with Crippen molar-refractivity contribution in [2.75, 3.05) is 45.0 Å². The van der Waals surface area contributed by atoms with E-state index in [2.05, 4.69) is 41.4 Å². The van der Waals surface area contributed by atoms with Gasteiger partial charge in [0.15, 0.2) is 5.88 Å². The molecule has 3 aromatic rings. The van der Waals surface area contributed by atoms with Gasteiger partial charge in [-0.25, -0.2) is 13.1 Å². The molecule has 0 radical (unpaired) electrons. The van der Waals surface area contributed by atoms with Gasteiger partial charge < -0.3 is 14.4 Å². The van der Waals surface area contributed by atoms with E-state index >= 15 is 0 Å². The van der Waals surface area contributed by atoms with E-state index in [0.717, 1.165) is 47.5 Å². The Morgan fingerprint density at radius 3 is 2.53 bits per heavy atom. The Morgan fingerprint density at radius 1 is 1.17 bits per heavy atom. The Bertz CT molecular complexity index is 1440. The number of pyridine rings is 2. The summed E-state index contributed by atoms with van der Waals surface area (Å²) in [5.74, 6) is 1.34. The van der Waals surface area contributed by atoms with Crippen LogP contribution in [0.25, 0.3) is 22.0 Å². The summed E-state index contributed by atoms with van der Waals surface area (Å²) >= 11 is 0. The highest BCUT2D eigenvalue weighted by Crippen LogP contribution is 2.42. The van der Waals surface area contributed by atoms with Gasteiger partial charge in [0.25, 0.3) is 5.56 Å². The summed E-state index contributed by atoms with van der Waals surface area (Å²) in [6.07, 6.45) is 3.87. The number of H-pyrrole nitrogens is 1. The van der Waals surface area contributed by atoms with Crippen LogP contribution in [0.15, 0.2) is 35.3 Å². The molecule has 0 spiro atoms. The van der Waals surface area contributed by atoms with E-state index in [4.69, 9.17) is 14.5 Å². The zero-order valence-corrected chi connectivity index (χ0v) is 22.5. The molecule has 0 unspecified atom stereocenters. The number of aromatic amines is 1. The summed E-state index contributed by atoms with van der Waals surface area (Å²) in [4.78, 5) is 22.7. The van der Waals surface area contributed by atoms with Crippen molar-refractivity contribution in [2.24, 2.45) is 5.92 Å². The van der Waals surface area contributed by atoms with Crippen molar-refractivity contribution in [1.82, 2.24) is 14.7 Å². The summed E-state index contributed by atoms with van der Waals surface area (Å²) in [7, 11) is -0.0622. The maximum Gasteiger partial charge on any atom is 0.258 e. The molecule has 0 amide bonds. The van der Waals surface area contributed by atoms with Crippen molar-refractivity contribution >= 4 is 26.6 Å². The lowest BCUT2D eigenvalue weighted by molar-refractivity contribution is 0.397. The summed E-state index contributed by atoms with van der Waals surface area (Å²) < 4.78 is 36.7.